The molecule has 2 fully saturated rings. The van der Waals surface area contributed by atoms with E-state index in [1.807, 2.05) is 0 Å². The normalized spacial score (nSPS) is 21.5. The van der Waals surface area contributed by atoms with E-state index < -0.39 is 5.54 Å². The van der Waals surface area contributed by atoms with Crippen LogP contribution in [0.2, 0.25) is 0 Å². The van der Waals surface area contributed by atoms with Crippen LogP contribution in [0, 0.1) is 5.92 Å². The maximum Gasteiger partial charge on any atom is 0.239 e. The number of carbonyl (C=O) groups excluding carboxylic acids is 1. The van der Waals surface area contributed by atoms with Gasteiger partial charge in [0.15, 0.2) is 0 Å². The van der Waals surface area contributed by atoms with Crippen molar-refractivity contribution in [1.82, 2.24) is 10.2 Å². The number of nitrogens with zero attached hydrogens (tertiary/aromatic N) is 1. The molecule has 0 aliphatic heterocycles. The molecule has 3 N–H and O–H groups in total. The Hall–Kier alpha value is -0.690. The molecule has 0 spiro atoms. The first-order valence-electron chi connectivity index (χ1n) is 7.90. The predicted molar refractivity (Wildman–Crippen MR) is 81.0 cm³/mol. The smallest absolute Gasteiger partial charge is 0.239 e. The molecule has 21 heavy (non-hydrogen) atoms. The zero-order chi connectivity index (χ0) is 15.3. The third-order valence-corrected chi connectivity index (χ3v) is 4.45. The second-order valence-electron chi connectivity index (χ2n) is 6.29. The number of amides is 1. The van der Waals surface area contributed by atoms with E-state index in [0.29, 0.717) is 31.7 Å². The summed E-state index contributed by atoms with van der Waals surface area (Å²) in [6.07, 6.45) is 4.48. The van der Waals surface area contributed by atoms with Crippen molar-refractivity contribution >= 4 is 5.91 Å². The van der Waals surface area contributed by atoms with Gasteiger partial charge in [0.2, 0.25) is 5.91 Å². The van der Waals surface area contributed by atoms with Gasteiger partial charge in [-0.3, -0.25) is 15.0 Å². The first kappa shape index (κ1) is 16.7. The van der Waals surface area contributed by atoms with Crippen molar-refractivity contribution in [2.75, 3.05) is 47.1 Å². The highest BCUT2D eigenvalue weighted by atomic mass is 16.5. The quantitative estimate of drug-likeness (QED) is 0.529. The van der Waals surface area contributed by atoms with Crippen molar-refractivity contribution in [3.05, 3.63) is 0 Å². The number of primary amides is 1. The van der Waals surface area contributed by atoms with Gasteiger partial charge < -0.3 is 15.2 Å². The van der Waals surface area contributed by atoms with Gasteiger partial charge in [-0.1, -0.05) is 0 Å². The lowest BCUT2D eigenvalue weighted by Crippen LogP contribution is -2.64. The summed E-state index contributed by atoms with van der Waals surface area (Å²) in [5, 5.41) is 3.55. The number of carbonyl (C=O) groups is 1. The van der Waals surface area contributed by atoms with Crippen LogP contribution in [-0.2, 0) is 14.3 Å². The molecule has 1 unspecified atom stereocenters. The summed E-state index contributed by atoms with van der Waals surface area (Å²) in [7, 11) is 3.39. The van der Waals surface area contributed by atoms with E-state index >= 15 is 0 Å². The molecule has 6 nitrogen and oxygen atoms in total. The lowest BCUT2D eigenvalue weighted by Gasteiger charge is -2.37. The highest BCUT2D eigenvalue weighted by Crippen LogP contribution is 2.42. The molecule has 6 heteroatoms. The zero-order valence-electron chi connectivity index (χ0n) is 13.3. The van der Waals surface area contributed by atoms with Crippen LogP contribution < -0.4 is 11.1 Å². The largest absolute Gasteiger partial charge is 0.383 e. The monoisotopic (exact) mass is 299 g/mol. The summed E-state index contributed by atoms with van der Waals surface area (Å²) in [6, 6.07) is 0.463. The van der Waals surface area contributed by atoms with Gasteiger partial charge in [0.1, 0.15) is 5.54 Å². The summed E-state index contributed by atoms with van der Waals surface area (Å²) in [5.74, 6) is 0.167. The Bertz CT molecular complexity index is 337. The number of ether oxygens (including phenoxy) is 2. The molecule has 2 aliphatic carbocycles. The molecular weight excluding hydrogens is 270 g/mol. The molecule has 0 aromatic rings. The average molecular weight is 299 g/mol. The van der Waals surface area contributed by atoms with Crippen molar-refractivity contribution in [3.8, 4) is 0 Å². The molecule has 2 aliphatic rings. The Morgan fingerprint density at radius 2 is 1.76 bits per heavy atom. The summed E-state index contributed by atoms with van der Waals surface area (Å²) >= 11 is 0. The first-order chi connectivity index (χ1) is 10.1. The highest BCUT2D eigenvalue weighted by Gasteiger charge is 2.52. The van der Waals surface area contributed by atoms with Gasteiger partial charge in [-0.15, -0.1) is 0 Å². The SMILES string of the molecule is COCCN(CCOC)CC(NC1CC1)(C(N)=O)C1CC1. The van der Waals surface area contributed by atoms with E-state index in [9.17, 15) is 4.79 Å². The minimum Gasteiger partial charge on any atom is -0.383 e. The summed E-state index contributed by atoms with van der Waals surface area (Å²) in [4.78, 5) is 14.4. The van der Waals surface area contributed by atoms with Crippen molar-refractivity contribution in [1.29, 1.82) is 0 Å². The van der Waals surface area contributed by atoms with Gasteiger partial charge >= 0.3 is 0 Å². The van der Waals surface area contributed by atoms with Crippen molar-refractivity contribution < 1.29 is 14.3 Å². The van der Waals surface area contributed by atoms with Crippen molar-refractivity contribution in [2.45, 2.75) is 37.3 Å². The van der Waals surface area contributed by atoms with Crippen LogP contribution in [0.5, 0.6) is 0 Å². The number of nitrogens with one attached hydrogen (secondary N) is 1. The molecule has 0 bridgehead atoms. The van der Waals surface area contributed by atoms with E-state index in [1.54, 1.807) is 14.2 Å². The Balaban J connectivity index is 2.03. The number of hydrogen-bond acceptors (Lipinski definition) is 5. The Kier molecular flexibility index (Phi) is 5.98. The van der Waals surface area contributed by atoms with Gasteiger partial charge in [0.25, 0.3) is 0 Å². The number of hydrogen-bond donors (Lipinski definition) is 2. The third kappa shape index (κ3) is 4.64. The number of nitrogens with two attached hydrogens (primary N) is 1. The van der Waals surface area contributed by atoms with Gasteiger partial charge in [-0.2, -0.15) is 0 Å². The van der Waals surface area contributed by atoms with Crippen LogP contribution in [0.3, 0.4) is 0 Å². The third-order valence-electron chi connectivity index (χ3n) is 4.45. The summed E-state index contributed by atoms with van der Waals surface area (Å²) in [5.41, 5.74) is 5.22. The molecule has 0 aromatic carbocycles. The lowest BCUT2D eigenvalue weighted by molar-refractivity contribution is -0.126. The molecular formula is C15H29N3O3. The van der Waals surface area contributed by atoms with Crippen LogP contribution >= 0.6 is 0 Å². The van der Waals surface area contributed by atoms with Gasteiger partial charge in [-0.25, -0.2) is 0 Å². The molecule has 0 aromatic heterocycles. The van der Waals surface area contributed by atoms with Crippen LogP contribution in [0.4, 0.5) is 0 Å². The van der Waals surface area contributed by atoms with Crippen LogP contribution in [-0.4, -0.2) is 69.5 Å². The summed E-state index contributed by atoms with van der Waals surface area (Å²) < 4.78 is 10.4. The van der Waals surface area contributed by atoms with E-state index in [1.165, 1.54) is 0 Å². The maximum atomic E-state index is 12.2. The number of methoxy groups -OCH3 is 2. The van der Waals surface area contributed by atoms with Crippen molar-refractivity contribution in [2.24, 2.45) is 11.7 Å². The Labute approximate surface area is 127 Å². The van der Waals surface area contributed by atoms with Crippen LogP contribution in [0.15, 0.2) is 0 Å². The molecule has 2 rings (SSSR count). The molecule has 1 amide bonds. The lowest BCUT2D eigenvalue weighted by atomic mass is 9.91. The minimum absolute atomic E-state index is 0.211. The zero-order valence-corrected chi connectivity index (χ0v) is 13.3. The number of rotatable bonds is 12. The summed E-state index contributed by atoms with van der Waals surface area (Å²) in [6.45, 7) is 3.51. The van der Waals surface area contributed by atoms with Gasteiger partial charge in [0, 0.05) is 39.9 Å². The minimum atomic E-state index is -0.581. The molecule has 0 radical (unpaired) electrons. The van der Waals surface area contributed by atoms with E-state index in [4.69, 9.17) is 15.2 Å². The fraction of sp³-hybridized carbons (Fsp3) is 0.933. The van der Waals surface area contributed by atoms with Gasteiger partial charge in [0.05, 0.1) is 13.2 Å². The topological polar surface area (TPSA) is 76.8 Å². The highest BCUT2D eigenvalue weighted by molar-refractivity contribution is 5.86. The molecule has 122 valence electrons. The molecule has 0 saturated heterocycles. The maximum absolute atomic E-state index is 12.2. The van der Waals surface area contributed by atoms with Crippen LogP contribution in [0.1, 0.15) is 25.7 Å². The first-order valence-corrected chi connectivity index (χ1v) is 7.90. The molecule has 1 atom stereocenters. The van der Waals surface area contributed by atoms with Gasteiger partial charge in [-0.05, 0) is 31.6 Å². The van der Waals surface area contributed by atoms with E-state index in [0.717, 1.165) is 38.8 Å². The van der Waals surface area contributed by atoms with Crippen molar-refractivity contribution in [3.63, 3.8) is 0 Å². The van der Waals surface area contributed by atoms with Crippen LogP contribution in [0.25, 0.3) is 0 Å². The molecule has 2 saturated carbocycles. The molecule has 0 heterocycles. The fourth-order valence-corrected chi connectivity index (χ4v) is 2.87. The second kappa shape index (κ2) is 7.54. The average Bonchev–Trinajstić information content (AvgIpc) is 3.33. The standard InChI is InChI=1S/C15H29N3O3/c1-20-9-7-18(8-10-21-2)11-15(14(16)19,12-3-4-12)17-13-5-6-13/h12-13,17H,3-11H2,1-2H3,(H2,16,19). The Morgan fingerprint density at radius 1 is 1.19 bits per heavy atom. The van der Waals surface area contributed by atoms with E-state index in [-0.39, 0.29) is 5.91 Å². The second-order valence-corrected chi connectivity index (χ2v) is 6.29. The predicted octanol–water partition coefficient (Wildman–Crippen LogP) is -0.0327. The fourth-order valence-electron chi connectivity index (χ4n) is 2.87. The van der Waals surface area contributed by atoms with E-state index in [2.05, 4.69) is 10.2 Å². The Morgan fingerprint density at radius 3 is 2.14 bits per heavy atom.